The molecule has 0 aliphatic rings. The number of carbonyl (C=O) groups excluding carboxylic acids is 1. The first-order chi connectivity index (χ1) is 18.9. The predicted octanol–water partition coefficient (Wildman–Crippen LogP) is 7.83. The molecular formula is C32H29BrN2O4. The molecule has 0 aliphatic carbocycles. The average Bonchev–Trinajstić information content (AvgIpc) is 2.93. The Labute approximate surface area is 236 Å². The number of halogens is 1. The van der Waals surface area contributed by atoms with E-state index in [0.29, 0.717) is 52.8 Å². The zero-order valence-electron chi connectivity index (χ0n) is 22.1. The van der Waals surface area contributed by atoms with E-state index in [1.807, 2.05) is 32.0 Å². The van der Waals surface area contributed by atoms with Crippen LogP contribution < -0.4 is 19.5 Å². The van der Waals surface area contributed by atoms with E-state index in [1.54, 1.807) is 36.4 Å². The first-order valence-electron chi connectivity index (χ1n) is 12.7. The van der Waals surface area contributed by atoms with Gasteiger partial charge in [-0.25, -0.2) is 0 Å². The largest absolute Gasteiger partial charge is 0.494 e. The number of anilines is 1. The molecular weight excluding hydrogens is 556 g/mol. The van der Waals surface area contributed by atoms with Gasteiger partial charge in [-0.05, 0) is 101 Å². The van der Waals surface area contributed by atoms with Crippen LogP contribution in [0.5, 0.6) is 17.2 Å². The highest BCUT2D eigenvalue weighted by Gasteiger charge is 2.16. The molecule has 0 atom stereocenters. The molecule has 4 aromatic rings. The molecule has 0 saturated heterocycles. The second-order valence-electron chi connectivity index (χ2n) is 8.72. The lowest BCUT2D eigenvalue weighted by Crippen LogP contribution is -2.13. The maximum absolute atomic E-state index is 12.8. The molecule has 39 heavy (non-hydrogen) atoms. The van der Waals surface area contributed by atoms with Crippen molar-refractivity contribution >= 4 is 44.4 Å². The summed E-state index contributed by atoms with van der Waals surface area (Å²) in [7, 11) is 0. The van der Waals surface area contributed by atoms with E-state index in [1.165, 1.54) is 6.08 Å². The molecule has 198 valence electrons. The highest BCUT2D eigenvalue weighted by atomic mass is 79.9. The molecule has 0 radical (unpaired) electrons. The van der Waals surface area contributed by atoms with Gasteiger partial charge < -0.3 is 19.5 Å². The van der Waals surface area contributed by atoms with E-state index in [-0.39, 0.29) is 5.57 Å². The number of carbonyl (C=O) groups is 1. The zero-order chi connectivity index (χ0) is 27.8. The summed E-state index contributed by atoms with van der Waals surface area (Å²) < 4.78 is 18.3. The van der Waals surface area contributed by atoms with Crippen LogP contribution in [0, 0.1) is 18.3 Å². The third kappa shape index (κ3) is 6.78. The quantitative estimate of drug-likeness (QED) is 0.152. The Balaban J connectivity index is 1.57. The summed E-state index contributed by atoms with van der Waals surface area (Å²) in [6.45, 7) is 7.19. The fourth-order valence-electron chi connectivity index (χ4n) is 4.17. The van der Waals surface area contributed by atoms with Gasteiger partial charge in [0, 0.05) is 11.3 Å². The summed E-state index contributed by atoms with van der Waals surface area (Å²) in [5.74, 6) is 1.26. The number of nitrogens with one attached hydrogen (secondary N) is 1. The van der Waals surface area contributed by atoms with Crippen molar-refractivity contribution in [1.82, 2.24) is 0 Å². The summed E-state index contributed by atoms with van der Waals surface area (Å²) in [5, 5.41) is 14.7. The van der Waals surface area contributed by atoms with Crippen LogP contribution in [0.25, 0.3) is 16.8 Å². The minimum atomic E-state index is -0.512. The number of benzene rings is 4. The van der Waals surface area contributed by atoms with Gasteiger partial charge in [0.15, 0.2) is 11.5 Å². The number of aryl methyl sites for hydroxylation is 1. The van der Waals surface area contributed by atoms with Gasteiger partial charge in [-0.15, -0.1) is 0 Å². The Morgan fingerprint density at radius 1 is 0.974 bits per heavy atom. The molecule has 0 spiro atoms. The monoisotopic (exact) mass is 584 g/mol. The van der Waals surface area contributed by atoms with E-state index >= 15 is 0 Å². The van der Waals surface area contributed by atoms with Crippen molar-refractivity contribution in [1.29, 1.82) is 5.26 Å². The maximum Gasteiger partial charge on any atom is 0.266 e. The van der Waals surface area contributed by atoms with Gasteiger partial charge in [-0.1, -0.05) is 36.4 Å². The van der Waals surface area contributed by atoms with Gasteiger partial charge in [-0.3, -0.25) is 4.79 Å². The lowest BCUT2D eigenvalue weighted by atomic mass is 10.0. The van der Waals surface area contributed by atoms with Gasteiger partial charge in [0.25, 0.3) is 5.91 Å². The van der Waals surface area contributed by atoms with E-state index in [9.17, 15) is 10.1 Å². The maximum atomic E-state index is 12.8. The minimum Gasteiger partial charge on any atom is -0.494 e. The van der Waals surface area contributed by atoms with E-state index < -0.39 is 5.91 Å². The lowest BCUT2D eigenvalue weighted by molar-refractivity contribution is -0.112. The van der Waals surface area contributed by atoms with Crippen molar-refractivity contribution < 1.29 is 19.0 Å². The second-order valence-corrected chi connectivity index (χ2v) is 9.57. The van der Waals surface area contributed by atoms with Crippen LogP contribution >= 0.6 is 15.9 Å². The Kier molecular flexibility index (Phi) is 9.24. The Morgan fingerprint density at radius 2 is 1.72 bits per heavy atom. The number of hydrogen-bond donors (Lipinski definition) is 1. The van der Waals surface area contributed by atoms with Crippen molar-refractivity contribution in [3.63, 3.8) is 0 Å². The zero-order valence-corrected chi connectivity index (χ0v) is 23.7. The Bertz CT molecular complexity index is 1560. The molecule has 0 bridgehead atoms. The third-order valence-corrected chi connectivity index (χ3v) is 6.66. The molecule has 0 fully saturated rings. The lowest BCUT2D eigenvalue weighted by Gasteiger charge is -2.17. The fourth-order valence-corrected chi connectivity index (χ4v) is 4.74. The molecule has 6 nitrogen and oxygen atoms in total. The summed E-state index contributed by atoms with van der Waals surface area (Å²) in [5.41, 5.74) is 3.38. The second kappa shape index (κ2) is 13.0. The smallest absolute Gasteiger partial charge is 0.266 e. The molecule has 0 aromatic heterocycles. The van der Waals surface area contributed by atoms with Crippen LogP contribution in [0.2, 0.25) is 0 Å². The molecule has 7 heteroatoms. The minimum absolute atomic E-state index is 0.0433. The van der Waals surface area contributed by atoms with Crippen molar-refractivity contribution in [3.05, 3.63) is 99.5 Å². The normalized spacial score (nSPS) is 11.1. The summed E-state index contributed by atoms with van der Waals surface area (Å²) in [4.78, 5) is 12.8. The topological polar surface area (TPSA) is 80.6 Å². The molecule has 0 heterocycles. The molecule has 0 unspecified atom stereocenters. The predicted molar refractivity (Wildman–Crippen MR) is 158 cm³/mol. The number of nitriles is 1. The van der Waals surface area contributed by atoms with Gasteiger partial charge >= 0.3 is 0 Å². The molecule has 4 aromatic carbocycles. The summed E-state index contributed by atoms with van der Waals surface area (Å²) >= 11 is 3.60. The van der Waals surface area contributed by atoms with Crippen LogP contribution in [0.1, 0.15) is 30.5 Å². The van der Waals surface area contributed by atoms with Gasteiger partial charge in [0.1, 0.15) is 24.0 Å². The SMILES string of the molecule is CCOc1ccc(NC(=O)/C(C#N)=C/c2cc(Br)c(OCc3c(C)ccc4ccccc34)c(OCC)c2)cc1. The first-order valence-corrected chi connectivity index (χ1v) is 13.4. The first kappa shape index (κ1) is 27.7. The van der Waals surface area contributed by atoms with Crippen LogP contribution in [0.4, 0.5) is 5.69 Å². The average molecular weight is 585 g/mol. The van der Waals surface area contributed by atoms with Crippen LogP contribution in [0.15, 0.2) is 82.8 Å². The van der Waals surface area contributed by atoms with Crippen molar-refractivity contribution in [3.8, 4) is 23.3 Å². The van der Waals surface area contributed by atoms with Crippen molar-refractivity contribution in [2.45, 2.75) is 27.4 Å². The number of ether oxygens (including phenoxy) is 3. The molecule has 4 rings (SSSR count). The van der Waals surface area contributed by atoms with E-state index in [4.69, 9.17) is 14.2 Å². The molecule has 0 aliphatic heterocycles. The van der Waals surface area contributed by atoms with E-state index in [0.717, 1.165) is 21.9 Å². The van der Waals surface area contributed by atoms with Crippen LogP contribution in [-0.4, -0.2) is 19.1 Å². The van der Waals surface area contributed by atoms with Crippen molar-refractivity contribution in [2.24, 2.45) is 0 Å². The number of hydrogen-bond acceptors (Lipinski definition) is 5. The summed E-state index contributed by atoms with van der Waals surface area (Å²) in [6.07, 6.45) is 1.52. The highest BCUT2D eigenvalue weighted by Crippen LogP contribution is 2.38. The Morgan fingerprint density at radius 3 is 2.44 bits per heavy atom. The highest BCUT2D eigenvalue weighted by molar-refractivity contribution is 9.10. The number of fused-ring (bicyclic) bond motifs is 1. The van der Waals surface area contributed by atoms with Crippen LogP contribution in [0.3, 0.4) is 0 Å². The van der Waals surface area contributed by atoms with E-state index in [2.05, 4.69) is 52.4 Å². The standard InChI is InChI=1S/C32H29BrN2O4/c1-4-37-26-14-12-25(13-15-26)35-32(36)24(19-34)16-22-17-29(33)31(30(18-22)38-5-2)39-20-28-21(3)10-11-23-8-6-7-9-27(23)28/h6-18H,4-5,20H2,1-3H3,(H,35,36)/b24-16+. The third-order valence-electron chi connectivity index (χ3n) is 6.07. The Hall–Kier alpha value is -4.28. The number of nitrogens with zero attached hydrogens (tertiary/aromatic N) is 1. The summed E-state index contributed by atoms with van der Waals surface area (Å²) in [6, 6.07) is 25.0. The molecule has 0 saturated carbocycles. The van der Waals surface area contributed by atoms with Gasteiger partial charge in [-0.2, -0.15) is 5.26 Å². The fraction of sp³-hybridized carbons (Fsp3) is 0.188. The van der Waals surface area contributed by atoms with Crippen LogP contribution in [-0.2, 0) is 11.4 Å². The number of rotatable bonds is 10. The molecule has 1 amide bonds. The molecule has 1 N–H and O–H groups in total. The van der Waals surface area contributed by atoms with Gasteiger partial charge in [0.2, 0.25) is 0 Å². The van der Waals surface area contributed by atoms with Gasteiger partial charge in [0.05, 0.1) is 17.7 Å². The van der Waals surface area contributed by atoms with Crippen molar-refractivity contribution in [2.75, 3.05) is 18.5 Å². The number of amides is 1.